The van der Waals surface area contributed by atoms with Gasteiger partial charge in [0.05, 0.1) is 0 Å². The van der Waals surface area contributed by atoms with Crippen LogP contribution in [0.1, 0.15) is 41.7 Å². The molecule has 1 aromatic heterocycles. The summed E-state index contributed by atoms with van der Waals surface area (Å²) in [7, 11) is 0. The minimum Gasteiger partial charge on any atom is -0.370 e. The predicted octanol–water partition coefficient (Wildman–Crippen LogP) is 1.44. The minimum atomic E-state index is -0.245. The number of nitrogens with two attached hydrogens (primary N) is 1. The number of rotatable bonds is 3. The maximum Gasteiger partial charge on any atom is 0.270 e. The van der Waals surface area contributed by atoms with E-state index in [-0.39, 0.29) is 11.8 Å². The van der Waals surface area contributed by atoms with Crippen molar-refractivity contribution in [1.82, 2.24) is 9.88 Å². The molecule has 5 nitrogen and oxygen atoms in total. The first-order chi connectivity index (χ1) is 9.08. The number of hydrogen-bond acceptors (Lipinski definition) is 2. The Morgan fingerprint density at radius 3 is 2.84 bits per heavy atom. The fraction of sp³-hybridized carbons (Fsp3) is 0.571. The molecule has 1 aromatic rings. The van der Waals surface area contributed by atoms with Crippen molar-refractivity contribution in [2.45, 2.75) is 32.6 Å². The van der Waals surface area contributed by atoms with Crippen LogP contribution in [0.25, 0.3) is 0 Å². The van der Waals surface area contributed by atoms with Crippen molar-refractivity contribution < 1.29 is 9.59 Å². The first-order valence-corrected chi connectivity index (χ1v) is 6.79. The summed E-state index contributed by atoms with van der Waals surface area (Å²) in [4.78, 5) is 28.2. The number of aromatic amines is 1. The van der Waals surface area contributed by atoms with E-state index in [0.29, 0.717) is 24.6 Å². The van der Waals surface area contributed by atoms with Gasteiger partial charge in [0.25, 0.3) is 5.91 Å². The van der Waals surface area contributed by atoms with E-state index in [1.807, 2.05) is 17.9 Å². The van der Waals surface area contributed by atoms with Crippen LogP contribution in [0.2, 0.25) is 0 Å². The Morgan fingerprint density at radius 1 is 1.42 bits per heavy atom. The largest absolute Gasteiger partial charge is 0.370 e. The minimum absolute atomic E-state index is 0.0576. The van der Waals surface area contributed by atoms with E-state index in [1.54, 1.807) is 6.20 Å². The molecule has 19 heavy (non-hydrogen) atoms. The summed E-state index contributed by atoms with van der Waals surface area (Å²) in [5.74, 6) is 0.132. The summed E-state index contributed by atoms with van der Waals surface area (Å²) in [6.07, 6.45) is 4.98. The molecule has 0 radical (unpaired) electrons. The number of aryl methyl sites for hydroxylation is 1. The van der Waals surface area contributed by atoms with Crippen LogP contribution < -0.4 is 5.73 Å². The fourth-order valence-electron chi connectivity index (χ4n) is 2.69. The molecule has 1 saturated heterocycles. The van der Waals surface area contributed by atoms with Crippen LogP contribution in [-0.4, -0.2) is 34.8 Å². The maximum atomic E-state index is 12.4. The lowest BCUT2D eigenvalue weighted by Crippen LogP contribution is -2.32. The second-order valence-corrected chi connectivity index (χ2v) is 5.30. The zero-order valence-corrected chi connectivity index (χ0v) is 11.3. The van der Waals surface area contributed by atoms with Crippen LogP contribution in [0.5, 0.6) is 0 Å². The van der Waals surface area contributed by atoms with E-state index in [4.69, 9.17) is 5.73 Å². The van der Waals surface area contributed by atoms with E-state index < -0.39 is 0 Å². The Morgan fingerprint density at radius 2 is 2.21 bits per heavy atom. The average molecular weight is 263 g/mol. The highest BCUT2D eigenvalue weighted by Crippen LogP contribution is 2.21. The Kier molecular flexibility index (Phi) is 4.24. The highest BCUT2D eigenvalue weighted by atomic mass is 16.2. The molecule has 5 heteroatoms. The first kappa shape index (κ1) is 13.6. The smallest absolute Gasteiger partial charge is 0.270 e. The molecular weight excluding hydrogens is 242 g/mol. The van der Waals surface area contributed by atoms with E-state index in [1.165, 1.54) is 0 Å². The number of hydrogen-bond donors (Lipinski definition) is 2. The zero-order chi connectivity index (χ0) is 13.8. The van der Waals surface area contributed by atoms with Crippen molar-refractivity contribution in [1.29, 1.82) is 0 Å². The molecule has 2 amide bonds. The highest BCUT2D eigenvalue weighted by Gasteiger charge is 2.23. The molecule has 1 atom stereocenters. The summed E-state index contributed by atoms with van der Waals surface area (Å²) in [5, 5.41) is 0. The highest BCUT2D eigenvalue weighted by molar-refractivity contribution is 5.93. The number of likely N-dealkylation sites (tertiary alicyclic amines) is 1. The second-order valence-electron chi connectivity index (χ2n) is 5.30. The molecule has 1 aliphatic heterocycles. The van der Waals surface area contributed by atoms with Crippen LogP contribution in [0.4, 0.5) is 0 Å². The van der Waals surface area contributed by atoms with Crippen LogP contribution in [0.3, 0.4) is 0 Å². The zero-order valence-electron chi connectivity index (χ0n) is 11.3. The van der Waals surface area contributed by atoms with Crippen molar-refractivity contribution in [3.8, 4) is 0 Å². The van der Waals surface area contributed by atoms with Gasteiger partial charge in [-0.1, -0.05) is 0 Å². The van der Waals surface area contributed by atoms with E-state index in [9.17, 15) is 9.59 Å². The van der Waals surface area contributed by atoms with Gasteiger partial charge in [0.15, 0.2) is 0 Å². The molecule has 0 bridgehead atoms. The quantitative estimate of drug-likeness (QED) is 0.865. The average Bonchev–Trinajstić information content (AvgIpc) is 2.64. The fourth-order valence-corrected chi connectivity index (χ4v) is 2.69. The normalized spacial score (nSPS) is 20.1. The number of carbonyl (C=O) groups excluding carboxylic acids is 2. The number of nitrogens with one attached hydrogen (secondary N) is 1. The van der Waals surface area contributed by atoms with Gasteiger partial charge in [-0.3, -0.25) is 9.59 Å². The third kappa shape index (κ3) is 3.36. The van der Waals surface area contributed by atoms with Crippen molar-refractivity contribution in [2.75, 3.05) is 13.1 Å². The molecule has 3 N–H and O–H groups in total. The molecule has 0 spiro atoms. The number of primary amides is 1. The van der Waals surface area contributed by atoms with Gasteiger partial charge >= 0.3 is 0 Å². The summed E-state index contributed by atoms with van der Waals surface area (Å²) >= 11 is 0. The Hall–Kier alpha value is -1.78. The third-order valence-electron chi connectivity index (χ3n) is 3.79. The summed E-state index contributed by atoms with van der Waals surface area (Å²) in [6.45, 7) is 3.39. The summed E-state index contributed by atoms with van der Waals surface area (Å²) < 4.78 is 0. The lowest BCUT2D eigenvalue weighted by atomic mass is 9.97. The molecule has 1 fully saturated rings. The van der Waals surface area contributed by atoms with Crippen LogP contribution in [0.15, 0.2) is 12.3 Å². The molecular formula is C14H21N3O2. The topological polar surface area (TPSA) is 79.2 Å². The lowest BCUT2D eigenvalue weighted by molar-refractivity contribution is -0.119. The number of H-pyrrole nitrogens is 1. The predicted molar refractivity (Wildman–Crippen MR) is 72.6 cm³/mol. The van der Waals surface area contributed by atoms with Gasteiger partial charge in [0.2, 0.25) is 5.91 Å². The van der Waals surface area contributed by atoms with Crippen LogP contribution in [-0.2, 0) is 4.79 Å². The van der Waals surface area contributed by atoms with Crippen molar-refractivity contribution in [2.24, 2.45) is 11.7 Å². The molecule has 0 aliphatic carbocycles. The van der Waals surface area contributed by atoms with Gasteiger partial charge in [-0.2, -0.15) is 0 Å². The van der Waals surface area contributed by atoms with Crippen molar-refractivity contribution in [3.63, 3.8) is 0 Å². The standard InChI is InChI=1S/C14H21N3O2/c1-10-4-6-16-13(10)14(19)17-7-2-3-11(5-8-17)9-12(15)18/h4,6,11,16H,2-3,5,7-9H2,1H3,(H2,15,18). The van der Waals surface area contributed by atoms with Gasteiger partial charge in [0.1, 0.15) is 5.69 Å². The number of aromatic nitrogens is 1. The van der Waals surface area contributed by atoms with Gasteiger partial charge in [0, 0.05) is 25.7 Å². The van der Waals surface area contributed by atoms with E-state index >= 15 is 0 Å². The van der Waals surface area contributed by atoms with Gasteiger partial charge < -0.3 is 15.6 Å². The van der Waals surface area contributed by atoms with Gasteiger partial charge in [-0.15, -0.1) is 0 Å². The lowest BCUT2D eigenvalue weighted by Gasteiger charge is -2.20. The molecule has 2 rings (SSSR count). The number of carbonyl (C=O) groups is 2. The molecule has 2 heterocycles. The SMILES string of the molecule is Cc1cc[nH]c1C(=O)N1CCCC(CC(N)=O)CC1. The molecule has 0 saturated carbocycles. The van der Waals surface area contributed by atoms with Crippen molar-refractivity contribution >= 4 is 11.8 Å². The molecule has 1 aliphatic rings. The summed E-state index contributed by atoms with van der Waals surface area (Å²) in [6, 6.07) is 1.90. The molecule has 104 valence electrons. The second kappa shape index (κ2) is 5.91. The van der Waals surface area contributed by atoms with Gasteiger partial charge in [-0.05, 0) is 43.7 Å². The monoisotopic (exact) mass is 263 g/mol. The number of nitrogens with zero attached hydrogens (tertiary/aromatic N) is 1. The first-order valence-electron chi connectivity index (χ1n) is 6.79. The summed E-state index contributed by atoms with van der Waals surface area (Å²) in [5.41, 5.74) is 6.89. The number of amides is 2. The Labute approximate surface area is 113 Å². The Bertz CT molecular complexity index is 467. The van der Waals surface area contributed by atoms with E-state index in [2.05, 4.69) is 4.98 Å². The van der Waals surface area contributed by atoms with Crippen LogP contribution in [0, 0.1) is 12.8 Å². The maximum absolute atomic E-state index is 12.4. The Balaban J connectivity index is 1.97. The molecule has 1 unspecified atom stereocenters. The third-order valence-corrected chi connectivity index (χ3v) is 3.79. The van der Waals surface area contributed by atoms with E-state index in [0.717, 1.165) is 31.4 Å². The molecule has 0 aromatic carbocycles. The van der Waals surface area contributed by atoms with Crippen LogP contribution >= 0.6 is 0 Å². The van der Waals surface area contributed by atoms with Gasteiger partial charge in [-0.25, -0.2) is 0 Å². The van der Waals surface area contributed by atoms with Crippen molar-refractivity contribution in [3.05, 3.63) is 23.5 Å².